The molecule has 0 aliphatic rings. The average molecular weight is 439 g/mol. The van der Waals surface area contributed by atoms with Crippen LogP contribution in [0.2, 0.25) is 0 Å². The van der Waals surface area contributed by atoms with Crippen molar-refractivity contribution in [1.29, 1.82) is 0 Å². The van der Waals surface area contributed by atoms with E-state index >= 15 is 0 Å². The van der Waals surface area contributed by atoms with E-state index in [1.54, 1.807) is 67.0 Å². The van der Waals surface area contributed by atoms with Gasteiger partial charge in [-0.3, -0.25) is 14.1 Å². The van der Waals surface area contributed by atoms with Gasteiger partial charge in [0.25, 0.3) is 15.9 Å². The van der Waals surface area contributed by atoms with Crippen LogP contribution >= 0.6 is 0 Å². The van der Waals surface area contributed by atoms with Gasteiger partial charge < -0.3 is 4.74 Å². The molecular formula is C22H22N4O4S. The van der Waals surface area contributed by atoms with Crippen molar-refractivity contribution in [2.75, 3.05) is 17.5 Å². The zero-order valence-corrected chi connectivity index (χ0v) is 17.7. The highest BCUT2D eigenvalue weighted by Crippen LogP contribution is 2.24. The number of carbonyl (C=O) groups excluding carboxylic acids is 1. The van der Waals surface area contributed by atoms with Gasteiger partial charge in [-0.05, 0) is 49.4 Å². The molecule has 9 heteroatoms. The molecule has 0 saturated carbocycles. The van der Waals surface area contributed by atoms with E-state index < -0.39 is 22.5 Å². The summed E-state index contributed by atoms with van der Waals surface area (Å²) in [4.78, 5) is 16.5. The molecule has 0 bridgehead atoms. The quantitative estimate of drug-likeness (QED) is 0.409. The molecule has 31 heavy (non-hydrogen) atoms. The first-order valence-corrected chi connectivity index (χ1v) is 11.0. The van der Waals surface area contributed by atoms with Gasteiger partial charge in [0.15, 0.2) is 0 Å². The van der Waals surface area contributed by atoms with Gasteiger partial charge >= 0.3 is 0 Å². The second-order valence-corrected chi connectivity index (χ2v) is 8.19. The van der Waals surface area contributed by atoms with Gasteiger partial charge in [-0.15, -0.1) is 0 Å². The molecule has 3 aromatic rings. The number of sulfonamides is 1. The first-order valence-electron chi connectivity index (χ1n) is 9.53. The Morgan fingerprint density at radius 1 is 1.10 bits per heavy atom. The molecule has 160 valence electrons. The summed E-state index contributed by atoms with van der Waals surface area (Å²) in [6.07, 6.45) is 4.64. The van der Waals surface area contributed by atoms with E-state index in [9.17, 15) is 13.2 Å². The summed E-state index contributed by atoms with van der Waals surface area (Å²) < 4.78 is 33.0. The highest BCUT2D eigenvalue weighted by molar-refractivity contribution is 7.92. The molecule has 1 amide bonds. The van der Waals surface area contributed by atoms with E-state index in [1.807, 2.05) is 6.92 Å². The maximum atomic E-state index is 13.3. The summed E-state index contributed by atoms with van der Waals surface area (Å²) in [6, 6.07) is 18.0. The monoisotopic (exact) mass is 438 g/mol. The third kappa shape index (κ3) is 5.89. The number of rotatable bonds is 9. The Morgan fingerprint density at radius 3 is 2.48 bits per heavy atom. The topological polar surface area (TPSA) is 101 Å². The zero-order valence-electron chi connectivity index (χ0n) is 16.9. The number of hydrazone groups is 1. The Hall–Kier alpha value is -3.72. The molecule has 0 radical (unpaired) electrons. The van der Waals surface area contributed by atoms with Crippen molar-refractivity contribution in [3.63, 3.8) is 0 Å². The van der Waals surface area contributed by atoms with Gasteiger partial charge in [-0.25, -0.2) is 13.8 Å². The number of anilines is 1. The minimum atomic E-state index is -4.00. The fraction of sp³-hybridized carbons (Fsp3) is 0.136. The number of hydrogen-bond donors (Lipinski definition) is 1. The number of benzene rings is 2. The van der Waals surface area contributed by atoms with E-state index in [0.717, 1.165) is 4.31 Å². The van der Waals surface area contributed by atoms with Crippen molar-refractivity contribution in [3.05, 3.63) is 84.7 Å². The van der Waals surface area contributed by atoms with Crippen molar-refractivity contribution in [2.45, 2.75) is 11.8 Å². The maximum absolute atomic E-state index is 13.3. The molecule has 1 N–H and O–H groups in total. The molecule has 0 fully saturated rings. The number of carbonyl (C=O) groups is 1. The minimum absolute atomic E-state index is 0.0477. The Balaban J connectivity index is 1.81. The first kappa shape index (κ1) is 22.0. The van der Waals surface area contributed by atoms with Crippen LogP contribution in [0.25, 0.3) is 0 Å². The van der Waals surface area contributed by atoms with E-state index in [4.69, 9.17) is 4.74 Å². The van der Waals surface area contributed by atoms with E-state index in [1.165, 1.54) is 18.3 Å². The first-order chi connectivity index (χ1) is 15.0. The molecule has 1 heterocycles. The molecule has 0 aliphatic carbocycles. The number of para-hydroxylation sites is 1. The van der Waals surface area contributed by atoms with Crippen LogP contribution < -0.4 is 14.5 Å². The standard InChI is InChI=1S/C22H22N4O4S/c1-2-30-20-10-12-21(13-11-20)31(28,29)26(19-8-4-3-5-9-19)17-22(27)25-24-16-18-7-6-14-23-15-18/h3-16H,2,17H2,1H3,(H,25,27)/b24-16-. The maximum Gasteiger partial charge on any atom is 0.264 e. The molecule has 0 aliphatic heterocycles. The van der Waals surface area contributed by atoms with Crippen molar-refractivity contribution < 1.29 is 17.9 Å². The Labute approximate surface area is 181 Å². The van der Waals surface area contributed by atoms with Crippen LogP contribution in [0.1, 0.15) is 12.5 Å². The average Bonchev–Trinajstić information content (AvgIpc) is 2.79. The van der Waals surface area contributed by atoms with Crippen molar-refractivity contribution in [2.24, 2.45) is 5.10 Å². The predicted molar refractivity (Wildman–Crippen MR) is 119 cm³/mol. The molecule has 2 aromatic carbocycles. The SMILES string of the molecule is CCOc1ccc(S(=O)(=O)N(CC(=O)N/N=C\c2cccnc2)c2ccccc2)cc1. The van der Waals surface area contributed by atoms with Gasteiger partial charge in [0.2, 0.25) is 0 Å². The van der Waals surface area contributed by atoms with Gasteiger partial charge in [0.05, 0.1) is 23.4 Å². The lowest BCUT2D eigenvalue weighted by molar-refractivity contribution is -0.119. The largest absolute Gasteiger partial charge is 0.494 e. The molecule has 0 saturated heterocycles. The molecular weight excluding hydrogens is 416 g/mol. The normalized spacial score (nSPS) is 11.3. The third-order valence-electron chi connectivity index (χ3n) is 4.14. The van der Waals surface area contributed by atoms with Crippen molar-refractivity contribution >= 4 is 27.8 Å². The Bertz CT molecular complexity index is 1120. The van der Waals surface area contributed by atoms with Crippen LogP contribution in [-0.4, -0.2) is 38.7 Å². The molecule has 8 nitrogen and oxygen atoms in total. The van der Waals surface area contributed by atoms with E-state index in [2.05, 4.69) is 15.5 Å². The second-order valence-electron chi connectivity index (χ2n) is 6.33. The summed E-state index contributed by atoms with van der Waals surface area (Å²) in [7, 11) is -4.00. The predicted octanol–water partition coefficient (Wildman–Crippen LogP) is 2.83. The summed E-state index contributed by atoms with van der Waals surface area (Å²) in [5.41, 5.74) is 3.42. The Kier molecular flexibility index (Phi) is 7.34. The Morgan fingerprint density at radius 2 is 1.84 bits per heavy atom. The lowest BCUT2D eigenvalue weighted by Crippen LogP contribution is -2.39. The minimum Gasteiger partial charge on any atom is -0.494 e. The highest BCUT2D eigenvalue weighted by Gasteiger charge is 2.27. The van der Waals surface area contributed by atoms with Gasteiger partial charge in [0.1, 0.15) is 12.3 Å². The molecule has 1 aromatic heterocycles. The summed E-state index contributed by atoms with van der Waals surface area (Å²) in [5.74, 6) is -0.0197. The smallest absolute Gasteiger partial charge is 0.264 e. The fourth-order valence-electron chi connectivity index (χ4n) is 2.71. The number of hydrogen-bond acceptors (Lipinski definition) is 6. The summed E-state index contributed by atoms with van der Waals surface area (Å²) in [6.45, 7) is 1.88. The molecule has 0 spiro atoms. The van der Waals surface area contributed by atoms with E-state index in [0.29, 0.717) is 23.6 Å². The number of aromatic nitrogens is 1. The lowest BCUT2D eigenvalue weighted by Gasteiger charge is -2.23. The number of nitrogens with one attached hydrogen (secondary N) is 1. The summed E-state index contributed by atoms with van der Waals surface area (Å²) >= 11 is 0. The number of nitrogens with zero attached hydrogens (tertiary/aromatic N) is 3. The van der Waals surface area contributed by atoms with Crippen molar-refractivity contribution in [1.82, 2.24) is 10.4 Å². The van der Waals surface area contributed by atoms with Crippen LogP contribution in [0.5, 0.6) is 5.75 Å². The second kappa shape index (κ2) is 10.4. The molecule has 0 atom stereocenters. The summed E-state index contributed by atoms with van der Waals surface area (Å²) in [5, 5.41) is 3.87. The van der Waals surface area contributed by atoms with Crippen LogP contribution in [0.4, 0.5) is 5.69 Å². The van der Waals surface area contributed by atoms with Crippen LogP contribution in [0.3, 0.4) is 0 Å². The number of amides is 1. The lowest BCUT2D eigenvalue weighted by atomic mass is 10.3. The molecule has 3 rings (SSSR count). The number of pyridine rings is 1. The van der Waals surface area contributed by atoms with Crippen LogP contribution in [-0.2, 0) is 14.8 Å². The van der Waals surface area contributed by atoms with Gasteiger partial charge in [0, 0.05) is 18.0 Å². The van der Waals surface area contributed by atoms with Gasteiger partial charge in [-0.1, -0.05) is 24.3 Å². The van der Waals surface area contributed by atoms with Crippen LogP contribution in [0.15, 0.2) is 89.1 Å². The number of ether oxygens (including phenoxy) is 1. The zero-order chi connectivity index (χ0) is 22.1. The van der Waals surface area contributed by atoms with E-state index in [-0.39, 0.29) is 4.90 Å². The van der Waals surface area contributed by atoms with Crippen LogP contribution in [0, 0.1) is 0 Å². The third-order valence-corrected chi connectivity index (χ3v) is 5.93. The molecule has 0 unspecified atom stereocenters. The highest BCUT2D eigenvalue weighted by atomic mass is 32.2. The van der Waals surface area contributed by atoms with Crippen molar-refractivity contribution in [3.8, 4) is 5.75 Å². The fourth-order valence-corrected chi connectivity index (χ4v) is 4.13. The van der Waals surface area contributed by atoms with Gasteiger partial charge in [-0.2, -0.15) is 5.10 Å².